The van der Waals surface area contributed by atoms with Gasteiger partial charge in [0, 0.05) is 11.1 Å². The van der Waals surface area contributed by atoms with E-state index in [4.69, 9.17) is 22.1 Å². The molecule has 1 atom stereocenters. The second-order valence-electron chi connectivity index (χ2n) is 3.27. The van der Waals surface area contributed by atoms with E-state index in [2.05, 4.69) is 4.98 Å². The minimum Gasteiger partial charge on any atom is -0.495 e. The Hall–Kier alpha value is -1.10. The molecule has 0 aliphatic heterocycles. The molecule has 2 rings (SSSR count). The summed E-state index contributed by atoms with van der Waals surface area (Å²) in [5.74, 6) is 0.695. The van der Waals surface area contributed by atoms with Gasteiger partial charge in [0.2, 0.25) is 0 Å². The Balaban J connectivity index is 2.33. The third-order valence-electron chi connectivity index (χ3n) is 2.26. The van der Waals surface area contributed by atoms with Crippen molar-refractivity contribution >= 4 is 22.9 Å². The molecule has 5 heteroatoms. The van der Waals surface area contributed by atoms with Crippen molar-refractivity contribution in [3.63, 3.8) is 0 Å². The molecule has 0 radical (unpaired) electrons. The number of rotatable bonds is 3. The molecular formula is C11H11ClN2OS. The highest BCUT2D eigenvalue weighted by molar-refractivity contribution is 7.10. The van der Waals surface area contributed by atoms with E-state index in [-0.39, 0.29) is 6.04 Å². The second kappa shape index (κ2) is 4.82. The van der Waals surface area contributed by atoms with Gasteiger partial charge in [0.25, 0.3) is 0 Å². The standard InChI is InChI=1S/C11H11ClN2OS/c1-15-8-4-7(5-14-6-8)10(13)11-9(12)2-3-16-11/h2-6,10H,13H2,1H3. The summed E-state index contributed by atoms with van der Waals surface area (Å²) >= 11 is 7.58. The van der Waals surface area contributed by atoms with Gasteiger partial charge in [-0.05, 0) is 23.1 Å². The Morgan fingerprint density at radius 2 is 2.31 bits per heavy atom. The van der Waals surface area contributed by atoms with Crippen LogP contribution in [0.3, 0.4) is 0 Å². The summed E-state index contributed by atoms with van der Waals surface area (Å²) in [6, 6.07) is 3.46. The molecular weight excluding hydrogens is 244 g/mol. The molecule has 0 aliphatic rings. The number of methoxy groups -OCH3 is 1. The number of aromatic nitrogens is 1. The molecule has 2 aromatic heterocycles. The minimum atomic E-state index is -0.255. The van der Waals surface area contributed by atoms with Crippen molar-refractivity contribution in [1.82, 2.24) is 4.98 Å². The number of ether oxygens (including phenoxy) is 1. The molecule has 2 N–H and O–H groups in total. The van der Waals surface area contributed by atoms with Crippen molar-refractivity contribution in [3.8, 4) is 5.75 Å². The first-order valence-corrected chi connectivity index (χ1v) is 5.95. The molecule has 2 aromatic rings. The third-order valence-corrected chi connectivity index (χ3v) is 3.70. The topological polar surface area (TPSA) is 48.1 Å². The third kappa shape index (κ3) is 2.19. The maximum atomic E-state index is 6.12. The lowest BCUT2D eigenvalue weighted by atomic mass is 10.1. The van der Waals surface area contributed by atoms with E-state index in [9.17, 15) is 0 Å². The molecule has 0 amide bonds. The van der Waals surface area contributed by atoms with Crippen molar-refractivity contribution < 1.29 is 4.74 Å². The monoisotopic (exact) mass is 254 g/mol. The zero-order valence-corrected chi connectivity index (χ0v) is 10.3. The predicted octanol–water partition coefficient (Wildman–Crippen LogP) is 2.85. The van der Waals surface area contributed by atoms with Crippen LogP contribution < -0.4 is 10.5 Å². The average molecular weight is 255 g/mol. The normalized spacial score (nSPS) is 12.4. The lowest BCUT2D eigenvalue weighted by Gasteiger charge is -2.11. The van der Waals surface area contributed by atoms with Crippen molar-refractivity contribution in [2.24, 2.45) is 5.73 Å². The van der Waals surface area contributed by atoms with Gasteiger partial charge >= 0.3 is 0 Å². The van der Waals surface area contributed by atoms with Crippen LogP contribution in [0, 0.1) is 0 Å². The molecule has 0 spiro atoms. The fourth-order valence-electron chi connectivity index (χ4n) is 1.40. The summed E-state index contributed by atoms with van der Waals surface area (Å²) < 4.78 is 5.10. The summed E-state index contributed by atoms with van der Waals surface area (Å²) in [5.41, 5.74) is 7.01. The van der Waals surface area contributed by atoms with Crippen LogP contribution in [-0.2, 0) is 0 Å². The highest BCUT2D eigenvalue weighted by atomic mass is 35.5. The van der Waals surface area contributed by atoms with E-state index in [0.717, 1.165) is 10.4 Å². The van der Waals surface area contributed by atoms with Crippen LogP contribution >= 0.6 is 22.9 Å². The molecule has 16 heavy (non-hydrogen) atoms. The Labute approximate surface area is 103 Å². The van der Waals surface area contributed by atoms with Gasteiger partial charge in [-0.25, -0.2) is 0 Å². The van der Waals surface area contributed by atoms with Crippen LogP contribution in [0.5, 0.6) is 5.75 Å². The van der Waals surface area contributed by atoms with Gasteiger partial charge in [0.15, 0.2) is 0 Å². The van der Waals surface area contributed by atoms with Crippen molar-refractivity contribution in [2.45, 2.75) is 6.04 Å². The molecule has 2 heterocycles. The fourth-order valence-corrected chi connectivity index (χ4v) is 2.60. The molecule has 0 saturated heterocycles. The van der Waals surface area contributed by atoms with E-state index >= 15 is 0 Å². The Kier molecular flexibility index (Phi) is 3.43. The Morgan fingerprint density at radius 1 is 1.50 bits per heavy atom. The second-order valence-corrected chi connectivity index (χ2v) is 4.62. The van der Waals surface area contributed by atoms with Gasteiger partial charge in [-0.15, -0.1) is 11.3 Å². The summed E-state index contributed by atoms with van der Waals surface area (Å²) in [6.07, 6.45) is 3.37. The lowest BCUT2D eigenvalue weighted by Crippen LogP contribution is -2.11. The van der Waals surface area contributed by atoms with E-state index in [0.29, 0.717) is 10.8 Å². The maximum absolute atomic E-state index is 6.12. The first kappa shape index (κ1) is 11.4. The summed E-state index contributed by atoms with van der Waals surface area (Å²) in [5, 5.41) is 2.62. The average Bonchev–Trinajstić information content (AvgIpc) is 2.74. The minimum absolute atomic E-state index is 0.255. The number of nitrogens with zero attached hydrogens (tertiary/aromatic N) is 1. The van der Waals surface area contributed by atoms with Crippen LogP contribution in [0.25, 0.3) is 0 Å². The quantitative estimate of drug-likeness (QED) is 0.916. The maximum Gasteiger partial charge on any atom is 0.137 e. The van der Waals surface area contributed by atoms with Crippen LogP contribution in [0.15, 0.2) is 29.9 Å². The number of thiophene rings is 1. The first-order valence-electron chi connectivity index (χ1n) is 4.69. The van der Waals surface area contributed by atoms with Crippen LogP contribution in [0.1, 0.15) is 16.5 Å². The largest absolute Gasteiger partial charge is 0.495 e. The molecule has 3 nitrogen and oxygen atoms in total. The zero-order valence-electron chi connectivity index (χ0n) is 8.68. The highest BCUT2D eigenvalue weighted by Crippen LogP contribution is 2.31. The van der Waals surface area contributed by atoms with E-state index in [1.165, 1.54) is 0 Å². The van der Waals surface area contributed by atoms with Crippen molar-refractivity contribution in [2.75, 3.05) is 7.11 Å². The van der Waals surface area contributed by atoms with Gasteiger partial charge in [0.1, 0.15) is 5.75 Å². The van der Waals surface area contributed by atoms with Crippen LogP contribution in [0.4, 0.5) is 0 Å². The van der Waals surface area contributed by atoms with E-state index < -0.39 is 0 Å². The van der Waals surface area contributed by atoms with Crippen molar-refractivity contribution in [3.05, 3.63) is 45.4 Å². The first-order chi connectivity index (χ1) is 7.72. The fraction of sp³-hybridized carbons (Fsp3) is 0.182. The molecule has 1 unspecified atom stereocenters. The Bertz CT molecular complexity index is 486. The molecule has 0 aromatic carbocycles. The highest BCUT2D eigenvalue weighted by Gasteiger charge is 2.14. The number of halogens is 1. The Morgan fingerprint density at radius 3 is 2.94 bits per heavy atom. The summed E-state index contributed by atoms with van der Waals surface area (Å²) in [4.78, 5) is 5.01. The zero-order chi connectivity index (χ0) is 11.5. The van der Waals surface area contributed by atoms with E-state index in [1.54, 1.807) is 30.8 Å². The van der Waals surface area contributed by atoms with Gasteiger partial charge in [-0.2, -0.15) is 0 Å². The number of pyridine rings is 1. The number of hydrogen-bond donors (Lipinski definition) is 1. The van der Waals surface area contributed by atoms with Crippen LogP contribution in [0.2, 0.25) is 5.02 Å². The molecule has 0 saturated carbocycles. The lowest BCUT2D eigenvalue weighted by molar-refractivity contribution is 0.412. The molecule has 0 aliphatic carbocycles. The van der Waals surface area contributed by atoms with Crippen molar-refractivity contribution in [1.29, 1.82) is 0 Å². The van der Waals surface area contributed by atoms with E-state index in [1.807, 2.05) is 17.5 Å². The smallest absolute Gasteiger partial charge is 0.137 e. The molecule has 0 bridgehead atoms. The SMILES string of the molecule is COc1cncc(C(N)c2sccc2Cl)c1. The molecule has 0 fully saturated rings. The van der Waals surface area contributed by atoms with Gasteiger partial charge < -0.3 is 10.5 Å². The van der Waals surface area contributed by atoms with Gasteiger partial charge in [0.05, 0.1) is 24.4 Å². The predicted molar refractivity (Wildman–Crippen MR) is 66.1 cm³/mol. The van der Waals surface area contributed by atoms with Gasteiger partial charge in [-0.1, -0.05) is 11.6 Å². The molecule has 84 valence electrons. The summed E-state index contributed by atoms with van der Waals surface area (Å²) in [6.45, 7) is 0. The van der Waals surface area contributed by atoms with Gasteiger partial charge in [-0.3, -0.25) is 4.98 Å². The number of nitrogens with two attached hydrogens (primary N) is 1. The van der Waals surface area contributed by atoms with Crippen LogP contribution in [-0.4, -0.2) is 12.1 Å². The summed E-state index contributed by atoms with van der Waals surface area (Å²) in [7, 11) is 1.60. The number of hydrogen-bond acceptors (Lipinski definition) is 4.